The molecule has 1 aliphatic heterocycles. The molecular formula is C25H23N3O5S. The van der Waals surface area contributed by atoms with E-state index in [0.717, 1.165) is 38.8 Å². The number of aryl methyl sites for hydroxylation is 1. The maximum atomic E-state index is 12.9. The first kappa shape index (κ1) is 23.3. The molecule has 0 bridgehead atoms. The van der Waals surface area contributed by atoms with Gasteiger partial charge in [0, 0.05) is 28.4 Å². The minimum absolute atomic E-state index is 0.0726. The van der Waals surface area contributed by atoms with E-state index in [1.807, 2.05) is 55.5 Å². The topological polar surface area (TPSA) is 97.7 Å². The second-order valence-electron chi connectivity index (χ2n) is 7.90. The molecule has 0 radical (unpaired) electrons. The highest BCUT2D eigenvalue weighted by atomic mass is 32.2. The van der Waals surface area contributed by atoms with Crippen molar-refractivity contribution in [2.45, 2.75) is 26.4 Å². The summed E-state index contributed by atoms with van der Waals surface area (Å²) in [5.74, 6) is -1.41. The number of ether oxygens (including phenoxy) is 1. The molecular weight excluding hydrogens is 454 g/mol. The molecule has 1 atom stereocenters. The highest BCUT2D eigenvalue weighted by Gasteiger charge is 2.41. The monoisotopic (exact) mass is 477 g/mol. The van der Waals surface area contributed by atoms with E-state index in [4.69, 9.17) is 0 Å². The van der Waals surface area contributed by atoms with E-state index in [-0.39, 0.29) is 17.4 Å². The molecule has 34 heavy (non-hydrogen) atoms. The number of nitrogens with one attached hydrogen (secondary N) is 1. The van der Waals surface area contributed by atoms with Crippen molar-refractivity contribution in [3.63, 3.8) is 0 Å². The largest absolute Gasteiger partial charge is 0.467 e. The predicted molar refractivity (Wildman–Crippen MR) is 131 cm³/mol. The van der Waals surface area contributed by atoms with Gasteiger partial charge in [-0.05, 0) is 55.4 Å². The lowest BCUT2D eigenvalue weighted by atomic mass is 10.1. The quantitative estimate of drug-likeness (QED) is 0.422. The number of carbonyl (C=O) groups is 4. The maximum absolute atomic E-state index is 12.9. The van der Waals surface area contributed by atoms with Gasteiger partial charge in [0.25, 0.3) is 11.1 Å². The number of hydrogen-bond donors (Lipinski definition) is 1. The number of thioether (sulfide) groups is 1. The zero-order chi connectivity index (χ0) is 24.4. The summed E-state index contributed by atoms with van der Waals surface area (Å²) < 4.78 is 6.47. The molecule has 0 spiro atoms. The van der Waals surface area contributed by atoms with Crippen molar-refractivity contribution in [1.82, 2.24) is 9.47 Å². The number of imide groups is 1. The lowest BCUT2D eigenvalue weighted by Gasteiger charge is -2.18. The Kier molecular flexibility index (Phi) is 6.56. The van der Waals surface area contributed by atoms with Crippen LogP contribution in [0.3, 0.4) is 0 Å². The zero-order valence-electron chi connectivity index (χ0n) is 18.9. The van der Waals surface area contributed by atoms with Gasteiger partial charge in [0.05, 0.1) is 12.0 Å². The number of amides is 3. The molecule has 0 unspecified atom stereocenters. The fraction of sp³-hybridized carbons (Fsp3) is 0.200. The van der Waals surface area contributed by atoms with Gasteiger partial charge in [-0.2, -0.15) is 0 Å². The van der Waals surface area contributed by atoms with E-state index in [1.165, 1.54) is 14.0 Å². The van der Waals surface area contributed by atoms with E-state index in [2.05, 4.69) is 10.1 Å². The summed E-state index contributed by atoms with van der Waals surface area (Å²) in [5.41, 5.74) is 3.27. The van der Waals surface area contributed by atoms with E-state index in [9.17, 15) is 19.2 Å². The Morgan fingerprint density at radius 2 is 1.91 bits per heavy atom. The molecule has 9 heteroatoms. The van der Waals surface area contributed by atoms with Crippen LogP contribution in [0.1, 0.15) is 18.1 Å². The number of fused-ring (bicyclic) bond motifs is 1. The van der Waals surface area contributed by atoms with Crippen molar-refractivity contribution in [3.05, 3.63) is 70.8 Å². The van der Waals surface area contributed by atoms with Crippen molar-refractivity contribution in [2.75, 3.05) is 12.4 Å². The van der Waals surface area contributed by atoms with Crippen molar-refractivity contribution in [3.8, 4) is 0 Å². The van der Waals surface area contributed by atoms with Crippen LogP contribution in [0.15, 0.2) is 59.6 Å². The highest BCUT2D eigenvalue weighted by molar-refractivity contribution is 8.18. The number of hydrogen-bond acceptors (Lipinski definition) is 6. The average molecular weight is 478 g/mol. The van der Waals surface area contributed by atoms with Crippen molar-refractivity contribution < 1.29 is 23.9 Å². The third kappa shape index (κ3) is 4.60. The minimum atomic E-state index is -1.02. The average Bonchev–Trinajstić information content (AvgIpc) is 3.29. The van der Waals surface area contributed by atoms with E-state index in [0.29, 0.717) is 5.56 Å². The Morgan fingerprint density at radius 1 is 1.15 bits per heavy atom. The summed E-state index contributed by atoms with van der Waals surface area (Å²) in [7, 11) is 1.21. The number of aromatic nitrogens is 1. The van der Waals surface area contributed by atoms with Crippen molar-refractivity contribution in [1.29, 1.82) is 0 Å². The molecule has 2 aromatic carbocycles. The number of esters is 1. The van der Waals surface area contributed by atoms with Crippen LogP contribution in [0.2, 0.25) is 0 Å². The number of benzene rings is 2. The van der Waals surface area contributed by atoms with Gasteiger partial charge < -0.3 is 14.6 Å². The van der Waals surface area contributed by atoms with E-state index < -0.39 is 23.2 Å². The summed E-state index contributed by atoms with van der Waals surface area (Å²) in [6, 6.07) is 14.0. The third-order valence-electron chi connectivity index (χ3n) is 5.47. The first-order valence-corrected chi connectivity index (χ1v) is 11.4. The van der Waals surface area contributed by atoms with Gasteiger partial charge in [0.1, 0.15) is 12.6 Å². The number of methoxy groups -OCH3 is 1. The number of para-hydroxylation sites is 1. The maximum Gasteiger partial charge on any atom is 0.328 e. The molecule has 1 N–H and O–H groups in total. The first-order chi connectivity index (χ1) is 16.3. The molecule has 8 nitrogen and oxygen atoms in total. The summed E-state index contributed by atoms with van der Waals surface area (Å²) >= 11 is 0.770. The summed E-state index contributed by atoms with van der Waals surface area (Å²) in [6.07, 6.45) is 3.39. The lowest BCUT2D eigenvalue weighted by Crippen LogP contribution is -2.42. The van der Waals surface area contributed by atoms with Gasteiger partial charge >= 0.3 is 5.97 Å². The minimum Gasteiger partial charge on any atom is -0.467 e. The molecule has 4 rings (SSSR count). The predicted octanol–water partition coefficient (Wildman–Crippen LogP) is 4.19. The Morgan fingerprint density at radius 3 is 2.65 bits per heavy atom. The van der Waals surface area contributed by atoms with Crippen LogP contribution in [0.4, 0.5) is 10.5 Å². The summed E-state index contributed by atoms with van der Waals surface area (Å²) in [4.78, 5) is 50.9. The number of rotatable bonds is 6. The van der Waals surface area contributed by atoms with Crippen molar-refractivity contribution in [2.24, 2.45) is 0 Å². The van der Waals surface area contributed by atoms with E-state index in [1.54, 1.807) is 16.8 Å². The Balaban J connectivity index is 1.61. The van der Waals surface area contributed by atoms with Crippen LogP contribution < -0.4 is 5.32 Å². The molecule has 1 aromatic heterocycles. The molecule has 174 valence electrons. The highest BCUT2D eigenvalue weighted by Crippen LogP contribution is 2.35. The second kappa shape index (κ2) is 9.56. The van der Waals surface area contributed by atoms with Crippen LogP contribution >= 0.6 is 11.8 Å². The number of nitrogens with zero attached hydrogens (tertiary/aromatic N) is 2. The fourth-order valence-corrected chi connectivity index (χ4v) is 4.73. The summed E-state index contributed by atoms with van der Waals surface area (Å²) in [6.45, 7) is 3.47. The number of anilines is 1. The van der Waals surface area contributed by atoms with Crippen LogP contribution in [0, 0.1) is 6.92 Å². The Labute approximate surface area is 200 Å². The van der Waals surface area contributed by atoms with Gasteiger partial charge in [-0.1, -0.05) is 30.3 Å². The van der Waals surface area contributed by atoms with Crippen molar-refractivity contribution >= 4 is 57.5 Å². The van der Waals surface area contributed by atoms with Crippen LogP contribution in [0.25, 0.3) is 17.0 Å². The van der Waals surface area contributed by atoms with Gasteiger partial charge in [0.15, 0.2) is 0 Å². The third-order valence-corrected chi connectivity index (χ3v) is 6.36. The normalized spacial score (nSPS) is 15.7. The smallest absolute Gasteiger partial charge is 0.328 e. The molecule has 1 fully saturated rings. The van der Waals surface area contributed by atoms with Crippen LogP contribution in [-0.4, -0.2) is 45.6 Å². The Hall–Kier alpha value is -3.85. The molecule has 3 amide bonds. The van der Waals surface area contributed by atoms with Gasteiger partial charge in [-0.25, -0.2) is 4.79 Å². The van der Waals surface area contributed by atoms with Crippen LogP contribution in [0.5, 0.6) is 0 Å². The summed E-state index contributed by atoms with van der Waals surface area (Å²) in [5, 5.41) is 3.20. The molecule has 1 saturated heterocycles. The molecule has 0 aliphatic carbocycles. The van der Waals surface area contributed by atoms with Gasteiger partial charge in [0.2, 0.25) is 5.91 Å². The SMILES string of the molecule is COC(=O)[C@@H](C)N1C(=O)S/C(=C/c2cn(CC(=O)Nc3cccc(C)c3)c3ccccc23)C1=O. The Bertz CT molecular complexity index is 1340. The molecule has 3 aromatic rings. The lowest BCUT2D eigenvalue weighted by molar-refractivity contribution is -0.148. The first-order valence-electron chi connectivity index (χ1n) is 10.6. The fourth-order valence-electron chi connectivity index (χ4n) is 3.83. The van der Waals surface area contributed by atoms with Crippen LogP contribution in [-0.2, 0) is 25.7 Å². The van der Waals surface area contributed by atoms with Gasteiger partial charge in [-0.15, -0.1) is 0 Å². The molecule has 1 aliphatic rings. The number of carbonyl (C=O) groups excluding carboxylic acids is 4. The second-order valence-corrected chi connectivity index (χ2v) is 8.89. The molecule has 0 saturated carbocycles. The van der Waals surface area contributed by atoms with Gasteiger partial charge in [-0.3, -0.25) is 19.3 Å². The molecule has 2 heterocycles. The van der Waals surface area contributed by atoms with E-state index >= 15 is 0 Å². The zero-order valence-corrected chi connectivity index (χ0v) is 19.7. The standard InChI is InChI=1S/C25H23N3O5S/c1-15-7-6-8-18(11-15)26-22(29)14-27-13-17(19-9-4-5-10-20(19)27)12-21-23(30)28(25(32)34-21)16(2)24(31)33-3/h4-13,16H,14H2,1-3H3,(H,26,29)/b21-12+/t16-/m1/s1.